The monoisotopic (exact) mass is 737 g/mol. The maximum Gasteiger partial charge on any atom is 0.472 e. The number of carbonyl (C=O) groups excluding carboxylic acids is 1. The van der Waals surface area contributed by atoms with Gasteiger partial charge in [-0.3, -0.25) is 18.6 Å². The van der Waals surface area contributed by atoms with E-state index in [0.717, 1.165) is 103 Å². The van der Waals surface area contributed by atoms with Crippen molar-refractivity contribution in [1.82, 2.24) is 0 Å². The molecule has 0 saturated heterocycles. The van der Waals surface area contributed by atoms with Crippen molar-refractivity contribution in [2.24, 2.45) is 5.73 Å². The molecule has 0 aromatic heterocycles. The van der Waals surface area contributed by atoms with Gasteiger partial charge in [-0.15, -0.1) is 0 Å². The minimum atomic E-state index is -4.63. The number of hydrogen-bond donors (Lipinski definition) is 3. The fourth-order valence-electron chi connectivity index (χ4n) is 4.57. The van der Waals surface area contributed by atoms with Crippen LogP contribution in [0, 0.1) is 0 Å². The number of unbranched alkanes of at least 4 members (excludes halogenated alkanes) is 9. The van der Waals surface area contributed by atoms with E-state index in [0.29, 0.717) is 13.0 Å². The van der Waals surface area contributed by atoms with Crippen LogP contribution in [0.5, 0.6) is 0 Å². The van der Waals surface area contributed by atoms with E-state index in [1.54, 1.807) is 0 Å². The Hall–Kier alpha value is -2.59. The molecule has 0 spiro atoms. The Morgan fingerprint density at radius 3 is 1.61 bits per heavy atom. The highest BCUT2D eigenvalue weighted by Crippen LogP contribution is 2.43. The van der Waals surface area contributed by atoms with Gasteiger partial charge in [0.2, 0.25) is 0 Å². The lowest BCUT2D eigenvalue weighted by Crippen LogP contribution is -2.34. The number of allylic oxidation sites excluding steroid dienone is 12. The third-order valence-corrected chi connectivity index (χ3v) is 8.43. The number of carboxylic acids is 1. The molecule has 51 heavy (non-hydrogen) atoms. The van der Waals surface area contributed by atoms with Gasteiger partial charge in [0.15, 0.2) is 0 Å². The summed E-state index contributed by atoms with van der Waals surface area (Å²) in [6.45, 7) is 3.54. The number of ether oxygens (including phenoxy) is 2. The number of hydrogen-bond acceptors (Lipinski definition) is 8. The topological polar surface area (TPSA) is 155 Å². The summed E-state index contributed by atoms with van der Waals surface area (Å²) < 4.78 is 33.2. The van der Waals surface area contributed by atoms with E-state index < -0.39 is 45.1 Å². The van der Waals surface area contributed by atoms with E-state index in [9.17, 15) is 19.0 Å². The zero-order valence-corrected chi connectivity index (χ0v) is 32.3. The van der Waals surface area contributed by atoms with E-state index in [4.69, 9.17) is 24.8 Å². The van der Waals surface area contributed by atoms with Crippen LogP contribution in [0.15, 0.2) is 72.9 Å². The number of aliphatic carboxylic acids is 1. The molecule has 0 aromatic rings. The second-order valence-electron chi connectivity index (χ2n) is 12.3. The lowest BCUT2D eigenvalue weighted by molar-refractivity contribution is -0.154. The molecule has 292 valence electrons. The third kappa shape index (κ3) is 35.6. The maximum atomic E-state index is 12.6. The Morgan fingerprint density at radius 2 is 1.08 bits per heavy atom. The molecular weight excluding hydrogens is 669 g/mol. The molecule has 0 aromatic carbocycles. The van der Waals surface area contributed by atoms with Crippen LogP contribution in [-0.2, 0) is 32.7 Å². The SMILES string of the molecule is CC/C=C\C/C=C\C/C=C\CCCCCCCC(=O)OC(COCCCCCC/C=C\C/C=C\C/C=C\CC)COP(=O)(O)OCC(N)C(=O)O. The van der Waals surface area contributed by atoms with Crippen molar-refractivity contribution >= 4 is 19.8 Å². The molecule has 4 N–H and O–H groups in total. The molecule has 0 aliphatic rings. The number of nitrogens with two attached hydrogens (primary N) is 1. The molecule has 0 fully saturated rings. The van der Waals surface area contributed by atoms with Crippen LogP contribution in [0.3, 0.4) is 0 Å². The number of rotatable bonds is 35. The van der Waals surface area contributed by atoms with Gasteiger partial charge in [0.25, 0.3) is 0 Å². The average molecular weight is 738 g/mol. The molecule has 10 nitrogen and oxygen atoms in total. The summed E-state index contributed by atoms with van der Waals surface area (Å²) in [5.41, 5.74) is 5.33. The van der Waals surface area contributed by atoms with Crippen molar-refractivity contribution in [2.45, 2.75) is 142 Å². The standard InChI is InChI=1S/C40H68NO9P/c1-3-5-7-9-11-13-15-17-19-20-22-24-26-28-30-32-39(42)50-37(35-48-51(45,46)49-36-38(41)40(43)44)34-47-33-31-29-27-25-23-21-18-16-14-12-10-8-6-4-2/h5-8,11-14,17-19,21,37-38H,3-4,9-10,15-16,20,22-36,41H2,1-2H3,(H,43,44)(H,45,46)/b7-5-,8-6-,13-11-,14-12-,19-17-,21-18-. The summed E-state index contributed by atoms with van der Waals surface area (Å²) in [5.74, 6) is -1.82. The summed E-state index contributed by atoms with van der Waals surface area (Å²) >= 11 is 0. The molecule has 0 radical (unpaired) electrons. The van der Waals surface area contributed by atoms with Crippen LogP contribution in [0.4, 0.5) is 0 Å². The lowest BCUT2D eigenvalue weighted by Gasteiger charge is -2.20. The van der Waals surface area contributed by atoms with E-state index in [1.807, 2.05) is 0 Å². The highest BCUT2D eigenvalue weighted by molar-refractivity contribution is 7.47. The van der Waals surface area contributed by atoms with Gasteiger partial charge in [-0.05, 0) is 77.0 Å². The van der Waals surface area contributed by atoms with Crippen molar-refractivity contribution in [1.29, 1.82) is 0 Å². The fourth-order valence-corrected chi connectivity index (χ4v) is 5.35. The Morgan fingerprint density at radius 1 is 0.627 bits per heavy atom. The first kappa shape index (κ1) is 48.4. The minimum Gasteiger partial charge on any atom is -0.480 e. The predicted molar refractivity (Wildman–Crippen MR) is 207 cm³/mol. The molecule has 0 saturated carbocycles. The molecule has 0 amide bonds. The van der Waals surface area contributed by atoms with Gasteiger partial charge < -0.3 is 25.2 Å². The van der Waals surface area contributed by atoms with Gasteiger partial charge in [-0.25, -0.2) is 4.57 Å². The quantitative estimate of drug-likeness (QED) is 0.0248. The summed E-state index contributed by atoms with van der Waals surface area (Å²) in [7, 11) is -4.63. The fraction of sp³-hybridized carbons (Fsp3) is 0.650. The smallest absolute Gasteiger partial charge is 0.472 e. The highest BCUT2D eigenvalue weighted by atomic mass is 31.2. The normalized spacial score (nSPS) is 14.9. The summed E-state index contributed by atoms with van der Waals surface area (Å²) in [6.07, 6.45) is 42.4. The summed E-state index contributed by atoms with van der Waals surface area (Å²) in [4.78, 5) is 33.4. The Labute approximate surface area is 308 Å². The molecule has 0 bridgehead atoms. The van der Waals surface area contributed by atoms with Crippen LogP contribution >= 0.6 is 7.82 Å². The van der Waals surface area contributed by atoms with Crippen LogP contribution in [0.2, 0.25) is 0 Å². The van der Waals surface area contributed by atoms with Gasteiger partial charge in [0.1, 0.15) is 12.1 Å². The maximum absolute atomic E-state index is 12.6. The lowest BCUT2D eigenvalue weighted by atomic mass is 10.1. The van der Waals surface area contributed by atoms with Crippen molar-refractivity contribution in [3.63, 3.8) is 0 Å². The Balaban J connectivity index is 4.40. The van der Waals surface area contributed by atoms with E-state index in [1.165, 1.54) is 0 Å². The van der Waals surface area contributed by atoms with Crippen molar-refractivity contribution in [3.05, 3.63) is 72.9 Å². The predicted octanol–water partition coefficient (Wildman–Crippen LogP) is 9.86. The van der Waals surface area contributed by atoms with E-state index in [2.05, 4.69) is 91.3 Å². The summed E-state index contributed by atoms with van der Waals surface area (Å²) in [6, 6.07) is -1.48. The second kappa shape index (κ2) is 35.8. The Bertz CT molecular complexity index is 1080. The molecule has 11 heteroatoms. The van der Waals surface area contributed by atoms with Gasteiger partial charge in [-0.2, -0.15) is 0 Å². The molecule has 0 aliphatic carbocycles. The zero-order valence-electron chi connectivity index (χ0n) is 31.4. The zero-order chi connectivity index (χ0) is 37.7. The molecule has 3 unspecified atom stereocenters. The van der Waals surface area contributed by atoms with Crippen LogP contribution in [-0.4, -0.2) is 60.5 Å². The van der Waals surface area contributed by atoms with Crippen LogP contribution in [0.25, 0.3) is 0 Å². The second-order valence-corrected chi connectivity index (χ2v) is 13.7. The van der Waals surface area contributed by atoms with Gasteiger partial charge in [-0.1, -0.05) is 119 Å². The Kier molecular flexibility index (Phi) is 34.0. The van der Waals surface area contributed by atoms with Crippen molar-refractivity contribution in [3.8, 4) is 0 Å². The van der Waals surface area contributed by atoms with Crippen LogP contribution < -0.4 is 5.73 Å². The highest BCUT2D eigenvalue weighted by Gasteiger charge is 2.27. The number of phosphoric ester groups is 1. The largest absolute Gasteiger partial charge is 0.480 e. The summed E-state index contributed by atoms with van der Waals surface area (Å²) in [5, 5.41) is 8.87. The van der Waals surface area contributed by atoms with E-state index >= 15 is 0 Å². The average Bonchev–Trinajstić information content (AvgIpc) is 3.10. The first-order chi connectivity index (χ1) is 24.7. The first-order valence-corrected chi connectivity index (χ1v) is 20.5. The molecular formula is C40H68NO9P. The molecule has 0 rings (SSSR count). The number of carboxylic acid groups (broad SMARTS) is 1. The molecule has 0 aliphatic heterocycles. The molecule has 0 heterocycles. The van der Waals surface area contributed by atoms with Gasteiger partial charge in [0, 0.05) is 13.0 Å². The van der Waals surface area contributed by atoms with Gasteiger partial charge in [0.05, 0.1) is 19.8 Å². The number of esters is 1. The van der Waals surface area contributed by atoms with Crippen molar-refractivity contribution < 1.29 is 42.7 Å². The third-order valence-electron chi connectivity index (χ3n) is 7.48. The van der Waals surface area contributed by atoms with Gasteiger partial charge >= 0.3 is 19.8 Å². The van der Waals surface area contributed by atoms with Crippen molar-refractivity contribution in [2.75, 3.05) is 26.4 Å². The van der Waals surface area contributed by atoms with Crippen LogP contribution in [0.1, 0.15) is 129 Å². The number of carbonyl (C=O) groups is 2. The minimum absolute atomic E-state index is 0.00984. The van der Waals surface area contributed by atoms with E-state index in [-0.39, 0.29) is 13.0 Å². The first-order valence-electron chi connectivity index (χ1n) is 19.0. The molecule has 3 atom stereocenters. The number of phosphoric acid groups is 1.